The standard InChI is InChI=1S/C38H41F3N8O3/c1-4-26-29(40)8-7-22-13-25(50)15-27(31(22)26)33-32(41)34-28(17-42-33)35(45-37(44-34)52-20-38-9-5-11-48(38)18-23(39)16-38)47-10-6-12-49-24(19-47)14-30(46-49)36(51)43-21(2)3/h7-8,13-15,17,21,23,50H,4-6,9-12,16,18-20H2,1-3H3,(H,43,51)/t23-,38+/m1/s1. The first-order valence-corrected chi connectivity index (χ1v) is 18.0. The van der Waals surface area contributed by atoms with Crippen molar-refractivity contribution in [2.24, 2.45) is 0 Å². The average molecular weight is 715 g/mol. The van der Waals surface area contributed by atoms with Crippen molar-refractivity contribution in [2.45, 2.75) is 83.7 Å². The highest BCUT2D eigenvalue weighted by molar-refractivity contribution is 6.01. The molecule has 0 bridgehead atoms. The number of carbonyl (C=O) groups excluding carboxylic acids is 1. The number of nitrogens with zero attached hydrogens (tertiary/aromatic N) is 7. The van der Waals surface area contributed by atoms with Gasteiger partial charge in [0.05, 0.1) is 23.2 Å². The van der Waals surface area contributed by atoms with Gasteiger partial charge in [0.1, 0.15) is 41.4 Å². The summed E-state index contributed by atoms with van der Waals surface area (Å²) in [5, 5.41) is 19.4. The van der Waals surface area contributed by atoms with Crippen LogP contribution < -0.4 is 15.0 Å². The molecule has 5 aromatic rings. The van der Waals surface area contributed by atoms with Gasteiger partial charge in [-0.1, -0.05) is 13.0 Å². The van der Waals surface area contributed by atoms with E-state index in [4.69, 9.17) is 9.72 Å². The van der Waals surface area contributed by atoms with E-state index < -0.39 is 23.3 Å². The molecule has 14 heteroatoms. The number of anilines is 1. The summed E-state index contributed by atoms with van der Waals surface area (Å²) in [6.45, 7) is 8.28. The van der Waals surface area contributed by atoms with Crippen LogP contribution in [0.2, 0.25) is 0 Å². The van der Waals surface area contributed by atoms with E-state index in [1.54, 1.807) is 12.1 Å². The summed E-state index contributed by atoms with van der Waals surface area (Å²) in [6, 6.07) is 7.44. The lowest BCUT2D eigenvalue weighted by atomic mass is 9.94. The minimum absolute atomic E-state index is 0.0510. The summed E-state index contributed by atoms with van der Waals surface area (Å²) in [7, 11) is 0. The number of aromatic hydroxyl groups is 1. The Morgan fingerprint density at radius 2 is 1.98 bits per heavy atom. The molecule has 2 saturated heterocycles. The van der Waals surface area contributed by atoms with E-state index in [2.05, 4.69) is 25.3 Å². The van der Waals surface area contributed by atoms with Crippen molar-refractivity contribution in [3.63, 3.8) is 0 Å². The normalized spacial score (nSPS) is 20.4. The van der Waals surface area contributed by atoms with Crippen LogP contribution in [0.3, 0.4) is 0 Å². The molecule has 8 rings (SSSR count). The number of halogens is 3. The maximum absolute atomic E-state index is 17.1. The van der Waals surface area contributed by atoms with Crippen LogP contribution in [-0.4, -0.2) is 84.6 Å². The van der Waals surface area contributed by atoms with E-state index >= 15 is 8.78 Å². The predicted octanol–water partition coefficient (Wildman–Crippen LogP) is 6.09. The summed E-state index contributed by atoms with van der Waals surface area (Å²) < 4.78 is 54.9. The Bertz CT molecular complexity index is 2210. The van der Waals surface area contributed by atoms with Crippen molar-refractivity contribution in [1.82, 2.24) is 34.9 Å². The fourth-order valence-corrected chi connectivity index (χ4v) is 8.29. The number of alkyl halides is 1. The average Bonchev–Trinajstić information content (AvgIpc) is 3.74. The molecule has 0 aliphatic carbocycles. The molecule has 3 aromatic heterocycles. The van der Waals surface area contributed by atoms with Gasteiger partial charge in [0.15, 0.2) is 11.5 Å². The number of carbonyl (C=O) groups is 1. The molecule has 2 atom stereocenters. The molecule has 272 valence electrons. The van der Waals surface area contributed by atoms with Gasteiger partial charge in [0, 0.05) is 43.9 Å². The zero-order chi connectivity index (χ0) is 36.3. The van der Waals surface area contributed by atoms with Gasteiger partial charge in [-0.3, -0.25) is 19.4 Å². The van der Waals surface area contributed by atoms with Gasteiger partial charge in [0.25, 0.3) is 5.91 Å². The second-order valence-electron chi connectivity index (χ2n) is 14.5. The molecule has 3 aliphatic rings. The van der Waals surface area contributed by atoms with E-state index in [-0.39, 0.29) is 47.1 Å². The Labute approximate surface area is 298 Å². The maximum atomic E-state index is 17.1. The van der Waals surface area contributed by atoms with Gasteiger partial charge in [-0.2, -0.15) is 15.1 Å². The molecule has 0 spiro atoms. The molecule has 0 radical (unpaired) electrons. The number of nitrogens with one attached hydrogen (secondary N) is 1. The number of rotatable bonds is 8. The number of ether oxygens (including phenoxy) is 1. The maximum Gasteiger partial charge on any atom is 0.319 e. The smallest absolute Gasteiger partial charge is 0.319 e. The van der Waals surface area contributed by atoms with Gasteiger partial charge >= 0.3 is 6.01 Å². The van der Waals surface area contributed by atoms with Crippen LogP contribution >= 0.6 is 0 Å². The zero-order valence-corrected chi connectivity index (χ0v) is 29.4. The summed E-state index contributed by atoms with van der Waals surface area (Å²) in [5.74, 6) is -1.20. The number of phenolic OH excluding ortho intramolecular Hbond substituents is 1. The Kier molecular flexibility index (Phi) is 8.67. The van der Waals surface area contributed by atoms with Crippen molar-refractivity contribution in [3.8, 4) is 23.0 Å². The van der Waals surface area contributed by atoms with Crippen LogP contribution in [0.1, 0.15) is 68.2 Å². The Morgan fingerprint density at radius 3 is 2.79 bits per heavy atom. The van der Waals surface area contributed by atoms with Crippen molar-refractivity contribution in [3.05, 3.63) is 65.1 Å². The van der Waals surface area contributed by atoms with Gasteiger partial charge < -0.3 is 20.1 Å². The first-order valence-electron chi connectivity index (χ1n) is 18.0. The minimum atomic E-state index is -0.951. The number of benzene rings is 2. The number of fused-ring (bicyclic) bond motifs is 4. The van der Waals surface area contributed by atoms with Gasteiger partial charge in [0.2, 0.25) is 0 Å². The molecular formula is C38H41F3N8O3. The van der Waals surface area contributed by atoms with Gasteiger partial charge in [-0.05, 0) is 86.7 Å². The van der Waals surface area contributed by atoms with Crippen molar-refractivity contribution < 1.29 is 27.8 Å². The monoisotopic (exact) mass is 714 g/mol. The first kappa shape index (κ1) is 34.1. The van der Waals surface area contributed by atoms with Crippen LogP contribution in [-0.2, 0) is 19.5 Å². The lowest BCUT2D eigenvalue weighted by molar-refractivity contribution is 0.0937. The second kappa shape index (κ2) is 13.2. The fourth-order valence-electron chi connectivity index (χ4n) is 8.29. The summed E-state index contributed by atoms with van der Waals surface area (Å²) in [6.07, 6.45) is 3.60. The fraction of sp³-hybridized carbons (Fsp3) is 0.447. The highest BCUT2D eigenvalue weighted by atomic mass is 19.1. The Hall–Kier alpha value is -4.98. The van der Waals surface area contributed by atoms with Gasteiger partial charge in [-0.25, -0.2) is 13.2 Å². The molecule has 11 nitrogen and oxygen atoms in total. The van der Waals surface area contributed by atoms with Crippen LogP contribution in [0.25, 0.3) is 32.9 Å². The van der Waals surface area contributed by atoms with E-state index in [9.17, 15) is 14.3 Å². The highest BCUT2D eigenvalue weighted by Crippen LogP contribution is 2.42. The molecule has 0 unspecified atom stereocenters. The van der Waals surface area contributed by atoms with Crippen molar-refractivity contribution in [1.29, 1.82) is 0 Å². The Balaban J connectivity index is 1.25. The summed E-state index contributed by atoms with van der Waals surface area (Å²) in [4.78, 5) is 30.9. The quantitative estimate of drug-likeness (QED) is 0.197. The molecule has 2 aromatic carbocycles. The third kappa shape index (κ3) is 5.96. The number of amides is 1. The second-order valence-corrected chi connectivity index (χ2v) is 14.5. The minimum Gasteiger partial charge on any atom is -0.508 e. The molecule has 3 aliphatic heterocycles. The predicted molar refractivity (Wildman–Crippen MR) is 190 cm³/mol. The Morgan fingerprint density at radius 1 is 1.13 bits per heavy atom. The number of aromatic nitrogens is 5. The third-order valence-electron chi connectivity index (χ3n) is 10.6. The lowest BCUT2D eigenvalue weighted by Crippen LogP contribution is -2.43. The molecule has 2 fully saturated rings. The molecule has 2 N–H and O–H groups in total. The van der Waals surface area contributed by atoms with E-state index in [0.717, 1.165) is 25.1 Å². The topological polar surface area (TPSA) is 122 Å². The van der Waals surface area contributed by atoms with Crippen molar-refractivity contribution >= 4 is 33.4 Å². The number of hydrogen-bond donors (Lipinski definition) is 2. The van der Waals surface area contributed by atoms with Crippen LogP contribution in [0.15, 0.2) is 36.5 Å². The van der Waals surface area contributed by atoms with E-state index in [0.29, 0.717) is 78.7 Å². The van der Waals surface area contributed by atoms with Crippen LogP contribution in [0.4, 0.5) is 19.0 Å². The summed E-state index contributed by atoms with van der Waals surface area (Å²) >= 11 is 0. The SMILES string of the molecule is CCc1c(F)ccc2cc(O)cc(-c3ncc4c(N5CCCn6nc(C(=O)NC(C)C)cc6C5)nc(OC[C@@]56CCCN5C[C@H](F)C6)nc4c3F)c12. The molecule has 1 amide bonds. The third-order valence-corrected chi connectivity index (χ3v) is 10.6. The number of phenols is 1. The summed E-state index contributed by atoms with van der Waals surface area (Å²) in [5.41, 5.74) is 1.07. The molecule has 0 saturated carbocycles. The molecule has 52 heavy (non-hydrogen) atoms. The van der Waals surface area contributed by atoms with Crippen LogP contribution in [0, 0.1) is 11.6 Å². The molecule has 6 heterocycles. The number of pyridine rings is 1. The van der Waals surface area contributed by atoms with Gasteiger partial charge in [-0.15, -0.1) is 0 Å². The number of aryl methyl sites for hydroxylation is 2. The first-order chi connectivity index (χ1) is 25.0. The highest BCUT2D eigenvalue weighted by Gasteiger charge is 2.49. The molecular weight excluding hydrogens is 673 g/mol. The zero-order valence-electron chi connectivity index (χ0n) is 29.4. The van der Waals surface area contributed by atoms with Crippen molar-refractivity contribution in [2.75, 3.05) is 31.1 Å². The largest absolute Gasteiger partial charge is 0.508 e. The lowest BCUT2D eigenvalue weighted by Gasteiger charge is -2.31. The van der Waals surface area contributed by atoms with E-state index in [1.165, 1.54) is 24.4 Å². The van der Waals surface area contributed by atoms with Crippen LogP contribution in [0.5, 0.6) is 11.8 Å². The van der Waals surface area contributed by atoms with E-state index in [1.807, 2.05) is 30.4 Å². The number of hydrogen-bond acceptors (Lipinski definition) is 9.